The van der Waals surface area contributed by atoms with Gasteiger partial charge in [-0.2, -0.15) is 0 Å². The molecule has 2 aromatic rings. The lowest BCUT2D eigenvalue weighted by atomic mass is 10.0. The molecule has 21 heavy (non-hydrogen) atoms. The predicted molar refractivity (Wildman–Crippen MR) is 81.7 cm³/mol. The van der Waals surface area contributed by atoms with E-state index >= 15 is 0 Å². The molecule has 0 amide bonds. The van der Waals surface area contributed by atoms with E-state index in [9.17, 15) is 9.18 Å². The first kappa shape index (κ1) is 15.4. The summed E-state index contributed by atoms with van der Waals surface area (Å²) in [6.45, 7) is 0.181. The number of carbonyl (C=O) groups is 1. The SMILES string of the molecule is O=C(CCCCCO)c1ccc(-c2ccc(F)cc2)cc1. The van der Waals surface area contributed by atoms with E-state index in [0.29, 0.717) is 12.0 Å². The number of rotatable bonds is 7. The normalized spacial score (nSPS) is 10.6. The molecule has 0 spiro atoms. The quantitative estimate of drug-likeness (QED) is 0.611. The number of halogens is 1. The number of carbonyl (C=O) groups excluding carboxylic acids is 1. The van der Waals surface area contributed by atoms with Crippen LogP contribution in [0.5, 0.6) is 0 Å². The second-order valence-corrected chi connectivity index (χ2v) is 5.04. The molecule has 2 aromatic carbocycles. The molecule has 0 fully saturated rings. The first-order valence-corrected chi connectivity index (χ1v) is 7.21. The van der Waals surface area contributed by atoms with Crippen LogP contribution >= 0.6 is 0 Å². The zero-order valence-corrected chi connectivity index (χ0v) is 11.9. The lowest BCUT2D eigenvalue weighted by Crippen LogP contribution is -1.99. The summed E-state index contributed by atoms with van der Waals surface area (Å²) in [4.78, 5) is 12.0. The maximum atomic E-state index is 12.9. The molecule has 0 aliphatic heterocycles. The highest BCUT2D eigenvalue weighted by Gasteiger charge is 2.06. The molecule has 0 aliphatic carbocycles. The lowest BCUT2D eigenvalue weighted by Gasteiger charge is -2.04. The number of benzene rings is 2. The molecule has 2 nitrogen and oxygen atoms in total. The first-order chi connectivity index (χ1) is 10.2. The van der Waals surface area contributed by atoms with Crippen molar-refractivity contribution in [2.75, 3.05) is 6.61 Å². The number of aliphatic hydroxyl groups is 1. The van der Waals surface area contributed by atoms with Crippen LogP contribution in [0.25, 0.3) is 11.1 Å². The summed E-state index contributed by atoms with van der Waals surface area (Å²) in [5, 5.41) is 8.70. The minimum absolute atomic E-state index is 0.124. The minimum atomic E-state index is -0.256. The van der Waals surface area contributed by atoms with Crippen LogP contribution in [-0.2, 0) is 0 Å². The van der Waals surface area contributed by atoms with Gasteiger partial charge in [-0.15, -0.1) is 0 Å². The van der Waals surface area contributed by atoms with Crippen molar-refractivity contribution in [3.63, 3.8) is 0 Å². The fourth-order valence-electron chi connectivity index (χ4n) is 2.21. The monoisotopic (exact) mass is 286 g/mol. The average Bonchev–Trinajstić information content (AvgIpc) is 2.52. The van der Waals surface area contributed by atoms with Crippen molar-refractivity contribution < 1.29 is 14.3 Å². The molecule has 0 saturated heterocycles. The van der Waals surface area contributed by atoms with Crippen LogP contribution in [0.15, 0.2) is 48.5 Å². The highest BCUT2D eigenvalue weighted by molar-refractivity contribution is 5.96. The lowest BCUT2D eigenvalue weighted by molar-refractivity contribution is 0.0978. The largest absolute Gasteiger partial charge is 0.396 e. The van der Waals surface area contributed by atoms with Gasteiger partial charge in [0.1, 0.15) is 5.82 Å². The van der Waals surface area contributed by atoms with Crippen molar-refractivity contribution in [1.29, 1.82) is 0 Å². The smallest absolute Gasteiger partial charge is 0.162 e. The van der Waals surface area contributed by atoms with Gasteiger partial charge in [0.15, 0.2) is 5.78 Å². The van der Waals surface area contributed by atoms with Crippen molar-refractivity contribution in [2.45, 2.75) is 25.7 Å². The molecule has 110 valence electrons. The molecule has 0 unspecified atom stereocenters. The Morgan fingerprint density at radius 1 is 0.857 bits per heavy atom. The van der Waals surface area contributed by atoms with Gasteiger partial charge in [0.25, 0.3) is 0 Å². The van der Waals surface area contributed by atoms with Gasteiger partial charge in [0, 0.05) is 18.6 Å². The highest BCUT2D eigenvalue weighted by Crippen LogP contribution is 2.20. The van der Waals surface area contributed by atoms with E-state index in [-0.39, 0.29) is 18.2 Å². The van der Waals surface area contributed by atoms with Gasteiger partial charge < -0.3 is 5.11 Å². The minimum Gasteiger partial charge on any atom is -0.396 e. The highest BCUT2D eigenvalue weighted by atomic mass is 19.1. The Balaban J connectivity index is 1.98. The fraction of sp³-hybridized carbons (Fsp3) is 0.278. The topological polar surface area (TPSA) is 37.3 Å². The summed E-state index contributed by atoms with van der Waals surface area (Å²) >= 11 is 0. The van der Waals surface area contributed by atoms with Crippen LogP contribution in [0.3, 0.4) is 0 Å². The van der Waals surface area contributed by atoms with Crippen LogP contribution in [0.2, 0.25) is 0 Å². The van der Waals surface area contributed by atoms with Crippen LogP contribution in [-0.4, -0.2) is 17.5 Å². The number of hydrogen-bond acceptors (Lipinski definition) is 2. The molecule has 0 atom stereocenters. The van der Waals surface area contributed by atoms with Crippen molar-refractivity contribution >= 4 is 5.78 Å². The molecular weight excluding hydrogens is 267 g/mol. The number of Topliss-reactive ketones (excluding diaryl/α,β-unsaturated/α-hetero) is 1. The summed E-state index contributed by atoms with van der Waals surface area (Å²) < 4.78 is 12.9. The number of ketones is 1. The van der Waals surface area contributed by atoms with E-state index < -0.39 is 0 Å². The van der Waals surface area contributed by atoms with Crippen molar-refractivity contribution in [3.05, 3.63) is 59.9 Å². The van der Waals surface area contributed by atoms with E-state index in [1.165, 1.54) is 12.1 Å². The van der Waals surface area contributed by atoms with Crippen LogP contribution in [0.4, 0.5) is 4.39 Å². The molecule has 0 saturated carbocycles. The van der Waals surface area contributed by atoms with Gasteiger partial charge in [-0.1, -0.05) is 42.8 Å². The van der Waals surface area contributed by atoms with E-state index in [1.807, 2.05) is 24.3 Å². The zero-order valence-electron chi connectivity index (χ0n) is 11.9. The maximum absolute atomic E-state index is 12.9. The van der Waals surface area contributed by atoms with E-state index in [0.717, 1.165) is 30.4 Å². The Hall–Kier alpha value is -2.00. The van der Waals surface area contributed by atoms with Gasteiger partial charge >= 0.3 is 0 Å². The molecule has 3 heteroatoms. The Bertz CT molecular complexity index is 573. The van der Waals surface area contributed by atoms with Crippen LogP contribution < -0.4 is 0 Å². The van der Waals surface area contributed by atoms with Gasteiger partial charge in [0.2, 0.25) is 0 Å². The Morgan fingerprint density at radius 2 is 1.43 bits per heavy atom. The zero-order chi connectivity index (χ0) is 15.1. The number of aliphatic hydroxyl groups excluding tert-OH is 1. The van der Waals surface area contributed by atoms with E-state index in [2.05, 4.69) is 0 Å². The summed E-state index contributed by atoms with van der Waals surface area (Å²) in [5.41, 5.74) is 2.59. The Labute approximate surface area is 124 Å². The average molecular weight is 286 g/mol. The van der Waals surface area contributed by atoms with Crippen molar-refractivity contribution in [3.8, 4) is 11.1 Å². The van der Waals surface area contributed by atoms with E-state index in [4.69, 9.17) is 5.11 Å². The number of hydrogen-bond donors (Lipinski definition) is 1. The second kappa shape index (κ2) is 7.70. The van der Waals surface area contributed by atoms with Gasteiger partial charge in [-0.3, -0.25) is 4.79 Å². The standard InChI is InChI=1S/C18H19FO2/c19-17-11-9-15(10-12-17)14-5-7-16(8-6-14)18(21)4-2-1-3-13-20/h5-12,20H,1-4,13H2. The number of unbranched alkanes of at least 4 members (excludes halogenated alkanes) is 2. The second-order valence-electron chi connectivity index (χ2n) is 5.04. The molecule has 0 aromatic heterocycles. The van der Waals surface area contributed by atoms with Gasteiger partial charge in [0.05, 0.1) is 0 Å². The van der Waals surface area contributed by atoms with Crippen molar-refractivity contribution in [2.24, 2.45) is 0 Å². The van der Waals surface area contributed by atoms with Crippen molar-refractivity contribution in [1.82, 2.24) is 0 Å². The molecule has 0 radical (unpaired) electrons. The van der Waals surface area contributed by atoms with Gasteiger partial charge in [-0.25, -0.2) is 4.39 Å². The summed E-state index contributed by atoms with van der Waals surface area (Å²) in [5.74, 6) is -0.132. The molecule has 0 heterocycles. The predicted octanol–water partition coefficient (Wildman–Crippen LogP) is 4.23. The third kappa shape index (κ3) is 4.50. The third-order valence-corrected chi connectivity index (χ3v) is 3.45. The third-order valence-electron chi connectivity index (χ3n) is 3.45. The van der Waals surface area contributed by atoms with Crippen LogP contribution in [0.1, 0.15) is 36.0 Å². The molecule has 0 bridgehead atoms. The molecular formula is C18H19FO2. The molecule has 2 rings (SSSR count). The first-order valence-electron chi connectivity index (χ1n) is 7.21. The molecule has 1 N–H and O–H groups in total. The maximum Gasteiger partial charge on any atom is 0.162 e. The summed E-state index contributed by atoms with van der Waals surface area (Å²) in [6, 6.07) is 13.7. The fourth-order valence-corrected chi connectivity index (χ4v) is 2.21. The Kier molecular flexibility index (Phi) is 5.64. The molecule has 0 aliphatic rings. The van der Waals surface area contributed by atoms with Gasteiger partial charge in [-0.05, 0) is 36.1 Å². The Morgan fingerprint density at radius 3 is 2.00 bits per heavy atom. The summed E-state index contributed by atoms with van der Waals surface area (Å²) in [7, 11) is 0. The van der Waals surface area contributed by atoms with E-state index in [1.54, 1.807) is 12.1 Å². The van der Waals surface area contributed by atoms with Crippen LogP contribution in [0, 0.1) is 5.82 Å². The summed E-state index contributed by atoms with van der Waals surface area (Å²) in [6.07, 6.45) is 2.93.